The molecular formula is C16H19F2IN4O. The molecule has 0 spiro atoms. The van der Waals surface area contributed by atoms with E-state index in [-0.39, 0.29) is 36.3 Å². The lowest BCUT2D eigenvalue weighted by Crippen LogP contribution is -2.39. The Balaban J connectivity index is 0.00000288. The van der Waals surface area contributed by atoms with E-state index in [1.807, 2.05) is 18.2 Å². The van der Waals surface area contributed by atoms with Gasteiger partial charge in [0.25, 0.3) is 0 Å². The Labute approximate surface area is 156 Å². The molecule has 0 aliphatic carbocycles. The molecule has 0 aliphatic rings. The maximum atomic E-state index is 13.0. The summed E-state index contributed by atoms with van der Waals surface area (Å²) in [5, 5.41) is 6.17. The van der Waals surface area contributed by atoms with E-state index in [9.17, 15) is 8.78 Å². The Hall–Kier alpha value is -1.97. The number of guanidine groups is 1. The van der Waals surface area contributed by atoms with Gasteiger partial charge in [-0.1, -0.05) is 6.07 Å². The van der Waals surface area contributed by atoms with Crippen molar-refractivity contribution >= 4 is 29.9 Å². The fourth-order valence-corrected chi connectivity index (χ4v) is 1.80. The highest BCUT2D eigenvalue weighted by Crippen LogP contribution is 2.14. The first kappa shape index (κ1) is 20.1. The maximum Gasteiger partial charge on any atom is 0.191 e. The van der Waals surface area contributed by atoms with Gasteiger partial charge in [0, 0.05) is 19.3 Å². The summed E-state index contributed by atoms with van der Waals surface area (Å²) in [6, 6.07) is 9.11. The summed E-state index contributed by atoms with van der Waals surface area (Å²) in [5.74, 6) is -0.940. The van der Waals surface area contributed by atoms with Crippen molar-refractivity contribution in [3.05, 3.63) is 59.9 Å². The average Bonchev–Trinajstić information content (AvgIpc) is 2.58. The summed E-state index contributed by atoms with van der Waals surface area (Å²) in [6.45, 7) is 1.29. The first-order chi connectivity index (χ1) is 11.2. The van der Waals surface area contributed by atoms with Gasteiger partial charge in [0.15, 0.2) is 17.6 Å². The molecule has 0 bridgehead atoms. The highest BCUT2D eigenvalue weighted by Gasteiger charge is 2.03. The molecule has 2 N–H and O–H groups in total. The van der Waals surface area contributed by atoms with E-state index in [4.69, 9.17) is 4.74 Å². The quantitative estimate of drug-likeness (QED) is 0.309. The predicted octanol–water partition coefficient (Wildman–Crippen LogP) is 2.72. The van der Waals surface area contributed by atoms with E-state index < -0.39 is 11.6 Å². The number of hydrogen-bond acceptors (Lipinski definition) is 3. The molecule has 0 fully saturated rings. The third kappa shape index (κ3) is 6.65. The minimum absolute atomic E-state index is 0. The number of ether oxygens (including phenoxy) is 1. The summed E-state index contributed by atoms with van der Waals surface area (Å²) in [5.41, 5.74) is 0.897. The second-order valence-electron chi connectivity index (χ2n) is 4.60. The molecule has 1 aromatic carbocycles. The van der Waals surface area contributed by atoms with Crippen LogP contribution in [-0.4, -0.2) is 31.1 Å². The number of nitrogens with one attached hydrogen (secondary N) is 2. The number of nitrogens with zero attached hydrogens (tertiary/aromatic N) is 2. The maximum absolute atomic E-state index is 13.0. The lowest BCUT2D eigenvalue weighted by Gasteiger charge is -2.12. The number of hydrogen-bond donors (Lipinski definition) is 2. The molecule has 5 nitrogen and oxygen atoms in total. The molecule has 130 valence electrons. The lowest BCUT2D eigenvalue weighted by molar-refractivity contribution is 0.318. The van der Waals surface area contributed by atoms with Crippen LogP contribution in [0.5, 0.6) is 5.75 Å². The molecule has 0 unspecified atom stereocenters. The van der Waals surface area contributed by atoms with Crippen molar-refractivity contribution in [1.29, 1.82) is 0 Å². The first-order valence-corrected chi connectivity index (χ1v) is 7.11. The number of benzene rings is 1. The van der Waals surface area contributed by atoms with Crippen molar-refractivity contribution < 1.29 is 13.5 Å². The van der Waals surface area contributed by atoms with Crippen molar-refractivity contribution in [1.82, 2.24) is 15.6 Å². The SMILES string of the molecule is CN=C(NCCOc1ccc(F)c(F)c1)NCc1ccccn1.I. The van der Waals surface area contributed by atoms with E-state index in [0.29, 0.717) is 19.0 Å². The van der Waals surface area contributed by atoms with Gasteiger partial charge in [0.05, 0.1) is 18.8 Å². The second-order valence-corrected chi connectivity index (χ2v) is 4.60. The van der Waals surface area contributed by atoms with Gasteiger partial charge in [-0.2, -0.15) is 0 Å². The van der Waals surface area contributed by atoms with E-state index >= 15 is 0 Å². The highest BCUT2D eigenvalue weighted by molar-refractivity contribution is 14.0. The van der Waals surface area contributed by atoms with Crippen LogP contribution in [-0.2, 0) is 6.54 Å². The third-order valence-corrected chi connectivity index (χ3v) is 2.94. The zero-order chi connectivity index (χ0) is 16.5. The summed E-state index contributed by atoms with van der Waals surface area (Å²) < 4.78 is 31.2. The van der Waals surface area contributed by atoms with Crippen LogP contribution in [0.2, 0.25) is 0 Å². The normalized spacial score (nSPS) is 10.7. The van der Waals surface area contributed by atoms with Crippen molar-refractivity contribution in [2.45, 2.75) is 6.54 Å². The van der Waals surface area contributed by atoms with Crippen LogP contribution in [0.25, 0.3) is 0 Å². The number of aliphatic imine (C=N–C) groups is 1. The van der Waals surface area contributed by atoms with Crippen LogP contribution < -0.4 is 15.4 Å². The molecule has 2 aromatic rings. The van der Waals surface area contributed by atoms with Gasteiger partial charge in [-0.05, 0) is 24.3 Å². The van der Waals surface area contributed by atoms with Crippen molar-refractivity contribution in [2.75, 3.05) is 20.2 Å². The van der Waals surface area contributed by atoms with Gasteiger partial charge in [-0.25, -0.2) is 8.78 Å². The number of pyridine rings is 1. The fraction of sp³-hybridized carbons (Fsp3) is 0.250. The zero-order valence-corrected chi connectivity index (χ0v) is 15.5. The molecule has 0 saturated carbocycles. The molecular weight excluding hydrogens is 429 g/mol. The molecule has 0 atom stereocenters. The van der Waals surface area contributed by atoms with Gasteiger partial charge in [0.2, 0.25) is 0 Å². The second kappa shape index (κ2) is 10.7. The van der Waals surface area contributed by atoms with Crippen molar-refractivity contribution in [3.63, 3.8) is 0 Å². The Morgan fingerprint density at radius 3 is 2.67 bits per heavy atom. The monoisotopic (exact) mass is 448 g/mol. The Kier molecular flexibility index (Phi) is 8.98. The van der Waals surface area contributed by atoms with Crippen molar-refractivity contribution in [2.24, 2.45) is 4.99 Å². The number of aromatic nitrogens is 1. The largest absolute Gasteiger partial charge is 0.492 e. The number of rotatable bonds is 6. The molecule has 0 aliphatic heterocycles. The van der Waals surface area contributed by atoms with Gasteiger partial charge in [0.1, 0.15) is 12.4 Å². The minimum atomic E-state index is -0.928. The van der Waals surface area contributed by atoms with E-state index in [2.05, 4.69) is 20.6 Å². The Bertz CT molecular complexity index is 656. The summed E-state index contributed by atoms with van der Waals surface area (Å²) in [6.07, 6.45) is 1.73. The van der Waals surface area contributed by atoms with Gasteiger partial charge < -0.3 is 15.4 Å². The smallest absolute Gasteiger partial charge is 0.191 e. The molecule has 1 aromatic heterocycles. The Morgan fingerprint density at radius 1 is 1.17 bits per heavy atom. The molecule has 0 saturated heterocycles. The van der Waals surface area contributed by atoms with Crippen LogP contribution in [0.1, 0.15) is 5.69 Å². The topological polar surface area (TPSA) is 58.5 Å². The van der Waals surface area contributed by atoms with Gasteiger partial charge in [-0.3, -0.25) is 9.98 Å². The number of halogens is 3. The predicted molar refractivity (Wildman–Crippen MR) is 99.7 cm³/mol. The molecule has 2 rings (SSSR count). The van der Waals surface area contributed by atoms with Gasteiger partial charge >= 0.3 is 0 Å². The summed E-state index contributed by atoms with van der Waals surface area (Å²) in [4.78, 5) is 8.28. The average molecular weight is 448 g/mol. The summed E-state index contributed by atoms with van der Waals surface area (Å²) in [7, 11) is 1.66. The molecule has 1 heterocycles. The van der Waals surface area contributed by atoms with E-state index in [1.165, 1.54) is 6.07 Å². The molecule has 8 heteroatoms. The van der Waals surface area contributed by atoms with Crippen LogP contribution in [0, 0.1) is 11.6 Å². The molecule has 0 radical (unpaired) electrons. The van der Waals surface area contributed by atoms with E-state index in [0.717, 1.165) is 17.8 Å². The van der Waals surface area contributed by atoms with Crippen LogP contribution in [0.3, 0.4) is 0 Å². The standard InChI is InChI=1S/C16H18F2N4O.HI/c1-19-16(22-11-12-4-2-3-7-20-12)21-8-9-23-13-5-6-14(17)15(18)10-13;/h2-7,10H,8-9,11H2,1H3,(H2,19,21,22);1H. The van der Waals surface area contributed by atoms with Crippen molar-refractivity contribution in [3.8, 4) is 5.75 Å². The van der Waals surface area contributed by atoms with Crippen LogP contribution in [0.4, 0.5) is 8.78 Å². The first-order valence-electron chi connectivity index (χ1n) is 7.11. The van der Waals surface area contributed by atoms with Crippen LogP contribution >= 0.6 is 24.0 Å². The molecule has 0 amide bonds. The Morgan fingerprint density at radius 2 is 2.00 bits per heavy atom. The highest BCUT2D eigenvalue weighted by atomic mass is 127. The van der Waals surface area contributed by atoms with Crippen LogP contribution in [0.15, 0.2) is 47.6 Å². The third-order valence-electron chi connectivity index (χ3n) is 2.94. The van der Waals surface area contributed by atoms with Gasteiger partial charge in [-0.15, -0.1) is 24.0 Å². The fourth-order valence-electron chi connectivity index (χ4n) is 1.80. The molecule has 24 heavy (non-hydrogen) atoms. The zero-order valence-electron chi connectivity index (χ0n) is 13.1. The minimum Gasteiger partial charge on any atom is -0.492 e. The lowest BCUT2D eigenvalue weighted by atomic mass is 10.3. The van der Waals surface area contributed by atoms with E-state index in [1.54, 1.807) is 13.2 Å². The summed E-state index contributed by atoms with van der Waals surface area (Å²) >= 11 is 0.